The minimum Gasteiger partial charge on any atom is -0.302 e. The van der Waals surface area contributed by atoms with Crippen LogP contribution in [0.5, 0.6) is 0 Å². The summed E-state index contributed by atoms with van der Waals surface area (Å²) in [5, 5.41) is 8.78. The summed E-state index contributed by atoms with van der Waals surface area (Å²) >= 11 is 1.56. The molecule has 184 valence electrons. The van der Waals surface area contributed by atoms with Crippen LogP contribution in [0.2, 0.25) is 0 Å². The number of anilines is 1. The number of pyridine rings is 2. The highest BCUT2D eigenvalue weighted by atomic mass is 32.1. The van der Waals surface area contributed by atoms with E-state index in [-0.39, 0.29) is 5.91 Å². The Kier molecular flexibility index (Phi) is 6.10. The maximum atomic E-state index is 11.7. The largest absolute Gasteiger partial charge is 0.302 e. The van der Waals surface area contributed by atoms with Crippen LogP contribution in [0.1, 0.15) is 48.5 Å². The predicted octanol–water partition coefficient (Wildman–Crippen LogP) is 4.67. The number of piperidine rings is 1. The van der Waals surface area contributed by atoms with Gasteiger partial charge in [-0.15, -0.1) is 0 Å². The van der Waals surface area contributed by atoms with Crippen molar-refractivity contribution in [2.75, 3.05) is 18.4 Å². The maximum Gasteiger partial charge on any atom is 0.223 e. The van der Waals surface area contributed by atoms with E-state index in [9.17, 15) is 4.79 Å². The number of aryl methyl sites for hydroxylation is 2. The molecule has 1 aliphatic carbocycles. The lowest BCUT2D eigenvalue weighted by molar-refractivity contribution is -0.114. The molecule has 36 heavy (non-hydrogen) atoms. The standard InChI is InChI=1S/C27H29N7OS/c1-17-6-7-19(15-29-17)24-22-8-9-23-26(36-27(31-23)30-18(2)35)25(22)34(32-24)21-10-13-33(14-11-21)16-20-5-3-4-12-28-20/h3-7,12,15,21H,8-11,13-14,16H2,1-2H3,(H,30,31,35). The Morgan fingerprint density at radius 2 is 2.00 bits per heavy atom. The van der Waals surface area contributed by atoms with E-state index in [1.165, 1.54) is 18.2 Å². The summed E-state index contributed by atoms with van der Waals surface area (Å²) in [7, 11) is 0. The summed E-state index contributed by atoms with van der Waals surface area (Å²) in [5.41, 5.74) is 7.68. The number of aromatic nitrogens is 5. The van der Waals surface area contributed by atoms with Crippen molar-refractivity contribution in [2.45, 2.75) is 52.1 Å². The fourth-order valence-corrected chi connectivity index (χ4v) is 6.37. The van der Waals surface area contributed by atoms with E-state index >= 15 is 0 Å². The number of nitrogens with one attached hydrogen (secondary N) is 1. The van der Waals surface area contributed by atoms with Gasteiger partial charge in [-0.25, -0.2) is 4.98 Å². The smallest absolute Gasteiger partial charge is 0.223 e. The van der Waals surface area contributed by atoms with E-state index in [1.54, 1.807) is 11.3 Å². The number of amides is 1. The van der Waals surface area contributed by atoms with Gasteiger partial charge in [0, 0.05) is 55.8 Å². The molecule has 0 unspecified atom stereocenters. The highest BCUT2D eigenvalue weighted by Gasteiger charge is 2.33. The summed E-state index contributed by atoms with van der Waals surface area (Å²) in [6.45, 7) is 6.42. The van der Waals surface area contributed by atoms with Crippen LogP contribution in [0.15, 0.2) is 42.7 Å². The number of hydrogen-bond donors (Lipinski definition) is 1. The van der Waals surface area contributed by atoms with E-state index < -0.39 is 0 Å². The van der Waals surface area contributed by atoms with Crippen molar-refractivity contribution >= 4 is 22.4 Å². The van der Waals surface area contributed by atoms with Crippen molar-refractivity contribution in [3.63, 3.8) is 0 Å². The molecule has 1 saturated heterocycles. The minimum absolute atomic E-state index is 0.0958. The number of carbonyl (C=O) groups excluding carboxylic acids is 1. The third-order valence-electron chi connectivity index (χ3n) is 7.02. The van der Waals surface area contributed by atoms with Crippen molar-refractivity contribution in [3.05, 3.63) is 65.4 Å². The van der Waals surface area contributed by atoms with Crippen LogP contribution in [0.4, 0.5) is 5.13 Å². The predicted molar refractivity (Wildman–Crippen MR) is 141 cm³/mol. The van der Waals surface area contributed by atoms with Crippen LogP contribution >= 0.6 is 11.3 Å². The number of hydrogen-bond acceptors (Lipinski definition) is 7. The van der Waals surface area contributed by atoms with Gasteiger partial charge in [-0.3, -0.25) is 24.3 Å². The highest BCUT2D eigenvalue weighted by Crippen LogP contribution is 2.45. The Morgan fingerprint density at radius 1 is 1.14 bits per heavy atom. The van der Waals surface area contributed by atoms with Crippen molar-refractivity contribution in [1.82, 2.24) is 29.6 Å². The summed E-state index contributed by atoms with van der Waals surface area (Å²) < 4.78 is 2.26. The Bertz CT molecular complexity index is 1390. The topological polar surface area (TPSA) is 88.8 Å². The first-order valence-corrected chi connectivity index (χ1v) is 13.3. The summed E-state index contributed by atoms with van der Waals surface area (Å²) in [6, 6.07) is 10.6. The Labute approximate surface area is 214 Å². The van der Waals surface area contributed by atoms with Gasteiger partial charge in [0.25, 0.3) is 0 Å². The van der Waals surface area contributed by atoms with Crippen molar-refractivity contribution in [2.24, 2.45) is 0 Å². The second kappa shape index (κ2) is 9.55. The highest BCUT2D eigenvalue weighted by molar-refractivity contribution is 7.19. The molecule has 5 heterocycles. The lowest BCUT2D eigenvalue weighted by atomic mass is 9.95. The molecule has 8 nitrogen and oxygen atoms in total. The monoisotopic (exact) mass is 499 g/mol. The number of carbonyl (C=O) groups is 1. The van der Waals surface area contributed by atoms with Crippen LogP contribution < -0.4 is 5.32 Å². The Hall–Kier alpha value is -3.43. The minimum atomic E-state index is -0.0958. The molecular weight excluding hydrogens is 470 g/mol. The van der Waals surface area contributed by atoms with Gasteiger partial charge in [-0.2, -0.15) is 5.10 Å². The van der Waals surface area contributed by atoms with Crippen molar-refractivity contribution in [1.29, 1.82) is 0 Å². The van der Waals surface area contributed by atoms with Gasteiger partial charge in [-0.05, 0) is 56.9 Å². The first-order valence-electron chi connectivity index (χ1n) is 12.5. The molecule has 2 aliphatic rings. The molecule has 0 radical (unpaired) electrons. The lowest BCUT2D eigenvalue weighted by Gasteiger charge is -2.32. The zero-order valence-corrected chi connectivity index (χ0v) is 21.4. The lowest BCUT2D eigenvalue weighted by Crippen LogP contribution is -2.35. The van der Waals surface area contributed by atoms with E-state index in [0.29, 0.717) is 11.2 Å². The molecule has 0 spiro atoms. The molecule has 0 aromatic carbocycles. The van der Waals surface area contributed by atoms with Crippen LogP contribution in [-0.2, 0) is 24.2 Å². The summed E-state index contributed by atoms with van der Waals surface area (Å²) in [5.74, 6) is -0.0958. The van der Waals surface area contributed by atoms with Gasteiger partial charge in [0.15, 0.2) is 5.13 Å². The van der Waals surface area contributed by atoms with Crippen molar-refractivity contribution < 1.29 is 4.79 Å². The van der Waals surface area contributed by atoms with Gasteiger partial charge >= 0.3 is 0 Å². The maximum absolute atomic E-state index is 11.7. The molecule has 0 bridgehead atoms. The fraction of sp³-hybridized carbons (Fsp3) is 0.370. The van der Waals surface area contributed by atoms with Gasteiger partial charge < -0.3 is 5.32 Å². The van der Waals surface area contributed by atoms with Crippen LogP contribution in [0.25, 0.3) is 21.8 Å². The van der Waals surface area contributed by atoms with E-state index in [2.05, 4.69) is 43.1 Å². The van der Waals surface area contributed by atoms with E-state index in [4.69, 9.17) is 10.1 Å². The van der Waals surface area contributed by atoms with Gasteiger partial charge in [0.1, 0.15) is 0 Å². The molecule has 4 aromatic rings. The number of thiazole rings is 1. The van der Waals surface area contributed by atoms with Gasteiger partial charge in [0.2, 0.25) is 5.91 Å². The first-order chi connectivity index (χ1) is 17.5. The molecule has 1 aliphatic heterocycles. The first kappa shape index (κ1) is 23.0. The zero-order valence-electron chi connectivity index (χ0n) is 20.6. The molecular formula is C27H29N7OS. The number of likely N-dealkylation sites (tertiary alicyclic amines) is 1. The van der Waals surface area contributed by atoms with E-state index in [0.717, 1.165) is 78.5 Å². The molecule has 1 amide bonds. The van der Waals surface area contributed by atoms with Crippen LogP contribution in [0.3, 0.4) is 0 Å². The fourth-order valence-electron chi connectivity index (χ4n) is 5.25. The Morgan fingerprint density at radius 3 is 2.72 bits per heavy atom. The average Bonchev–Trinajstić information content (AvgIpc) is 3.46. The summed E-state index contributed by atoms with van der Waals surface area (Å²) in [4.78, 5) is 29.1. The molecule has 6 rings (SSSR count). The Balaban J connectivity index is 1.34. The molecule has 1 N–H and O–H groups in total. The second-order valence-electron chi connectivity index (χ2n) is 9.61. The molecule has 9 heteroatoms. The quantitative estimate of drug-likeness (QED) is 0.429. The van der Waals surface area contributed by atoms with Gasteiger partial charge in [0.05, 0.1) is 33.7 Å². The van der Waals surface area contributed by atoms with Crippen LogP contribution in [-0.4, -0.2) is 48.6 Å². The van der Waals surface area contributed by atoms with Gasteiger partial charge in [-0.1, -0.05) is 17.4 Å². The molecule has 0 saturated carbocycles. The van der Waals surface area contributed by atoms with Crippen LogP contribution in [0, 0.1) is 6.92 Å². The SMILES string of the molecule is CC(=O)Nc1nc2c(s1)-c1c(c(-c3ccc(C)nc3)nn1C1CCN(Cc3ccccn3)CC1)CC2. The third-order valence-corrected chi connectivity index (χ3v) is 8.04. The van der Waals surface area contributed by atoms with E-state index in [1.807, 2.05) is 31.5 Å². The number of fused-ring (bicyclic) bond motifs is 3. The normalized spacial score (nSPS) is 15.9. The van der Waals surface area contributed by atoms with Crippen molar-refractivity contribution in [3.8, 4) is 21.8 Å². The molecule has 1 fully saturated rings. The third kappa shape index (κ3) is 4.44. The summed E-state index contributed by atoms with van der Waals surface area (Å²) in [6.07, 6.45) is 7.58. The molecule has 0 atom stereocenters. The number of nitrogens with zero attached hydrogens (tertiary/aromatic N) is 6. The number of rotatable bonds is 5. The second-order valence-corrected chi connectivity index (χ2v) is 10.6. The average molecular weight is 500 g/mol. The zero-order chi connectivity index (χ0) is 24.6. The molecule has 4 aromatic heterocycles.